The fraction of sp³-hybridized carbons (Fsp3) is 0.714. The highest BCUT2D eigenvalue weighted by molar-refractivity contribution is 5.30. The summed E-state index contributed by atoms with van der Waals surface area (Å²) in [5, 5.41) is 3.48. The van der Waals surface area contributed by atoms with Gasteiger partial charge in [0.05, 0.1) is 6.42 Å². The molecule has 1 aliphatic carbocycles. The number of hydrogen-bond acceptors (Lipinski definition) is 1. The molecule has 0 fully saturated rings. The molecule has 2 nitrogen and oxygen atoms in total. The Morgan fingerprint density at radius 2 is 2.16 bits per heavy atom. The summed E-state index contributed by atoms with van der Waals surface area (Å²) in [6.45, 7) is 3.10. The lowest BCUT2D eigenvalue weighted by Gasteiger charge is -2.23. The number of nitrogens with zero attached hydrogens (tertiary/aromatic N) is 1. The Balaban J connectivity index is 2.03. The van der Waals surface area contributed by atoms with Crippen molar-refractivity contribution in [3.05, 3.63) is 23.5 Å². The van der Waals surface area contributed by atoms with Crippen LogP contribution < -0.4 is 5.32 Å². The summed E-state index contributed by atoms with van der Waals surface area (Å²) >= 11 is 0. The van der Waals surface area contributed by atoms with E-state index in [-0.39, 0.29) is 6.54 Å². The predicted octanol–water partition coefficient (Wildman–Crippen LogP) is 3.82. The topological polar surface area (TPSA) is 17.0 Å². The van der Waals surface area contributed by atoms with Gasteiger partial charge in [0.15, 0.2) is 0 Å². The third-order valence-corrected chi connectivity index (χ3v) is 3.61. The lowest BCUT2D eigenvalue weighted by molar-refractivity contribution is -0.136. The zero-order valence-electron chi connectivity index (χ0n) is 11.3. The number of aryl methyl sites for hydroxylation is 2. The quantitative estimate of drug-likeness (QED) is 0.863. The standard InChI is InChI=1S/C14H21F3N2/c1-2-7-18-13-5-3-4-11-9-19(10-12(11)13)8-6-14(15,16)17/h9-10,13,18H,2-8H2,1H3. The lowest BCUT2D eigenvalue weighted by Crippen LogP contribution is -2.24. The third-order valence-electron chi connectivity index (χ3n) is 3.61. The average Bonchev–Trinajstić information content (AvgIpc) is 2.76. The fourth-order valence-corrected chi connectivity index (χ4v) is 2.66. The number of alkyl halides is 3. The highest BCUT2D eigenvalue weighted by Crippen LogP contribution is 2.31. The first-order valence-corrected chi connectivity index (χ1v) is 6.98. The van der Waals surface area contributed by atoms with Gasteiger partial charge in [0.2, 0.25) is 0 Å². The maximum absolute atomic E-state index is 12.2. The second-order valence-corrected chi connectivity index (χ2v) is 5.24. The van der Waals surface area contributed by atoms with Crippen molar-refractivity contribution >= 4 is 0 Å². The van der Waals surface area contributed by atoms with Crippen LogP contribution in [0.2, 0.25) is 0 Å². The molecule has 1 aliphatic rings. The Bertz CT molecular complexity index is 409. The molecule has 1 unspecified atom stereocenters. The van der Waals surface area contributed by atoms with Crippen LogP contribution in [0.1, 0.15) is 49.8 Å². The molecule has 0 radical (unpaired) electrons. The van der Waals surface area contributed by atoms with E-state index in [4.69, 9.17) is 0 Å². The Kier molecular flexibility index (Phi) is 4.55. The second kappa shape index (κ2) is 5.99. The maximum atomic E-state index is 12.2. The minimum Gasteiger partial charge on any atom is -0.353 e. The first-order valence-electron chi connectivity index (χ1n) is 6.98. The molecule has 1 N–H and O–H groups in total. The first-order chi connectivity index (χ1) is 8.99. The first kappa shape index (κ1) is 14.4. The predicted molar refractivity (Wildman–Crippen MR) is 69.1 cm³/mol. The Labute approximate surface area is 112 Å². The lowest BCUT2D eigenvalue weighted by atomic mass is 9.91. The third kappa shape index (κ3) is 4.00. The minimum absolute atomic E-state index is 0.0248. The van der Waals surface area contributed by atoms with Gasteiger partial charge in [-0.2, -0.15) is 13.2 Å². The number of rotatable bonds is 5. The number of nitrogens with one attached hydrogen (secondary N) is 1. The molecule has 1 aromatic heterocycles. The highest BCUT2D eigenvalue weighted by atomic mass is 19.4. The van der Waals surface area contributed by atoms with Crippen molar-refractivity contribution in [3.63, 3.8) is 0 Å². The average molecular weight is 274 g/mol. The van der Waals surface area contributed by atoms with Gasteiger partial charge >= 0.3 is 6.18 Å². The van der Waals surface area contributed by atoms with Crippen LogP contribution in [0, 0.1) is 0 Å². The summed E-state index contributed by atoms with van der Waals surface area (Å²) in [6, 6.07) is 0.316. The van der Waals surface area contributed by atoms with Crippen LogP contribution in [-0.2, 0) is 13.0 Å². The number of aromatic nitrogens is 1. The smallest absolute Gasteiger partial charge is 0.353 e. The van der Waals surface area contributed by atoms with Gasteiger partial charge in [-0.1, -0.05) is 6.92 Å². The van der Waals surface area contributed by atoms with Gasteiger partial charge in [-0.15, -0.1) is 0 Å². The molecule has 0 aliphatic heterocycles. The molecule has 0 bridgehead atoms. The van der Waals surface area contributed by atoms with Crippen molar-refractivity contribution < 1.29 is 13.2 Å². The molecule has 0 amide bonds. The van der Waals surface area contributed by atoms with Crippen molar-refractivity contribution in [2.45, 2.75) is 57.8 Å². The maximum Gasteiger partial charge on any atom is 0.390 e. The van der Waals surface area contributed by atoms with Gasteiger partial charge in [0.25, 0.3) is 0 Å². The van der Waals surface area contributed by atoms with Crippen LogP contribution in [0.25, 0.3) is 0 Å². The molecular weight excluding hydrogens is 253 g/mol. The molecule has 1 aromatic rings. The van der Waals surface area contributed by atoms with Gasteiger partial charge in [-0.3, -0.25) is 0 Å². The molecule has 1 atom stereocenters. The van der Waals surface area contributed by atoms with Crippen molar-refractivity contribution in [2.75, 3.05) is 6.54 Å². The molecule has 0 aromatic carbocycles. The van der Waals surface area contributed by atoms with E-state index in [9.17, 15) is 13.2 Å². The van der Waals surface area contributed by atoms with Crippen LogP contribution in [0.15, 0.2) is 12.4 Å². The van der Waals surface area contributed by atoms with Crippen LogP contribution in [-0.4, -0.2) is 17.3 Å². The Hall–Kier alpha value is -0.970. The van der Waals surface area contributed by atoms with Gasteiger partial charge in [-0.25, -0.2) is 0 Å². The van der Waals surface area contributed by atoms with Crippen molar-refractivity contribution in [3.8, 4) is 0 Å². The van der Waals surface area contributed by atoms with Gasteiger partial charge in [0.1, 0.15) is 0 Å². The van der Waals surface area contributed by atoms with Crippen LogP contribution in [0.4, 0.5) is 13.2 Å². The Morgan fingerprint density at radius 1 is 1.37 bits per heavy atom. The van der Waals surface area contributed by atoms with E-state index in [0.29, 0.717) is 6.04 Å². The molecule has 5 heteroatoms. The van der Waals surface area contributed by atoms with Crippen LogP contribution >= 0.6 is 0 Å². The summed E-state index contributed by atoms with van der Waals surface area (Å²) in [7, 11) is 0. The number of halogens is 3. The SMILES string of the molecule is CCCNC1CCCc2cn(CCC(F)(F)F)cc21. The second-order valence-electron chi connectivity index (χ2n) is 5.24. The molecule has 0 saturated heterocycles. The van der Waals surface area contributed by atoms with Gasteiger partial charge < -0.3 is 9.88 Å². The van der Waals surface area contributed by atoms with Crippen molar-refractivity contribution in [1.82, 2.24) is 9.88 Å². The van der Waals surface area contributed by atoms with E-state index in [1.807, 2.05) is 12.4 Å². The van der Waals surface area contributed by atoms with E-state index >= 15 is 0 Å². The van der Waals surface area contributed by atoms with Crippen molar-refractivity contribution in [2.24, 2.45) is 0 Å². The molecule has 2 rings (SSSR count). The summed E-state index contributed by atoms with van der Waals surface area (Å²) in [5.74, 6) is 0. The summed E-state index contributed by atoms with van der Waals surface area (Å²) in [4.78, 5) is 0. The summed E-state index contributed by atoms with van der Waals surface area (Å²) in [6.07, 6.45) is 3.19. The van der Waals surface area contributed by atoms with E-state index in [1.54, 1.807) is 4.57 Å². The van der Waals surface area contributed by atoms with Gasteiger partial charge in [-0.05, 0) is 43.4 Å². The van der Waals surface area contributed by atoms with Crippen LogP contribution in [0.5, 0.6) is 0 Å². The molecule has 0 saturated carbocycles. The zero-order chi connectivity index (χ0) is 13.9. The fourth-order valence-electron chi connectivity index (χ4n) is 2.66. The number of hydrogen-bond donors (Lipinski definition) is 1. The largest absolute Gasteiger partial charge is 0.390 e. The molecular formula is C14H21F3N2. The van der Waals surface area contributed by atoms with E-state index < -0.39 is 12.6 Å². The summed E-state index contributed by atoms with van der Waals surface area (Å²) in [5.41, 5.74) is 2.41. The Morgan fingerprint density at radius 3 is 2.84 bits per heavy atom. The van der Waals surface area contributed by atoms with Crippen molar-refractivity contribution in [1.29, 1.82) is 0 Å². The number of fused-ring (bicyclic) bond motifs is 1. The molecule has 0 spiro atoms. The molecule has 1 heterocycles. The summed E-state index contributed by atoms with van der Waals surface area (Å²) < 4.78 is 38.4. The van der Waals surface area contributed by atoms with E-state index in [1.165, 1.54) is 11.1 Å². The molecule has 19 heavy (non-hydrogen) atoms. The normalized spacial score (nSPS) is 19.5. The monoisotopic (exact) mass is 274 g/mol. The zero-order valence-corrected chi connectivity index (χ0v) is 11.3. The van der Waals surface area contributed by atoms with Crippen LogP contribution in [0.3, 0.4) is 0 Å². The van der Waals surface area contributed by atoms with E-state index in [0.717, 1.165) is 32.2 Å². The molecule has 108 valence electrons. The highest BCUT2D eigenvalue weighted by Gasteiger charge is 2.27. The van der Waals surface area contributed by atoms with Gasteiger partial charge in [0, 0.05) is 25.0 Å². The van der Waals surface area contributed by atoms with E-state index in [2.05, 4.69) is 12.2 Å². The minimum atomic E-state index is -4.08.